The van der Waals surface area contributed by atoms with Gasteiger partial charge in [0.25, 0.3) is 5.91 Å². The highest BCUT2D eigenvalue weighted by Gasteiger charge is 2.29. The molecule has 0 aliphatic carbocycles. The van der Waals surface area contributed by atoms with Crippen molar-refractivity contribution in [2.24, 2.45) is 0 Å². The number of benzene rings is 3. The Labute approximate surface area is 199 Å². The van der Waals surface area contributed by atoms with E-state index >= 15 is 0 Å². The highest BCUT2D eigenvalue weighted by Crippen LogP contribution is 2.34. The number of carbonyl (C=O) groups excluding carboxylic acids is 2. The van der Waals surface area contributed by atoms with Crippen LogP contribution in [-0.4, -0.2) is 37.0 Å². The molecule has 0 bridgehead atoms. The summed E-state index contributed by atoms with van der Waals surface area (Å²) in [6, 6.07) is 20.6. The van der Waals surface area contributed by atoms with Crippen molar-refractivity contribution in [3.8, 4) is 17.2 Å². The largest absolute Gasteiger partial charge is 0.493 e. The van der Waals surface area contributed by atoms with Crippen LogP contribution in [0.5, 0.6) is 17.2 Å². The molecule has 1 heterocycles. The highest BCUT2D eigenvalue weighted by molar-refractivity contribution is 5.92. The van der Waals surface area contributed by atoms with Gasteiger partial charge in [-0.25, -0.2) is 0 Å². The SMILES string of the molecule is COc1cccc(CN2Cc3cc(NC(=O)Cc4ccccc4)ccc3OC(C)C2=O)c1OC. The van der Waals surface area contributed by atoms with E-state index < -0.39 is 6.10 Å². The average Bonchev–Trinajstić information content (AvgIpc) is 2.95. The van der Waals surface area contributed by atoms with Crippen LogP contribution in [0.4, 0.5) is 5.69 Å². The fourth-order valence-corrected chi connectivity index (χ4v) is 4.08. The second-order valence-corrected chi connectivity index (χ2v) is 8.14. The first-order valence-electron chi connectivity index (χ1n) is 11.1. The summed E-state index contributed by atoms with van der Waals surface area (Å²) in [6.45, 7) is 2.40. The van der Waals surface area contributed by atoms with Crippen molar-refractivity contribution < 1.29 is 23.8 Å². The zero-order chi connectivity index (χ0) is 24.1. The summed E-state index contributed by atoms with van der Waals surface area (Å²) < 4.78 is 16.9. The van der Waals surface area contributed by atoms with Crippen molar-refractivity contribution in [3.05, 3.63) is 83.4 Å². The van der Waals surface area contributed by atoms with Gasteiger partial charge in [0, 0.05) is 29.9 Å². The van der Waals surface area contributed by atoms with Crippen LogP contribution in [0.1, 0.15) is 23.6 Å². The molecule has 2 amide bonds. The van der Waals surface area contributed by atoms with E-state index in [1.807, 2.05) is 54.6 Å². The summed E-state index contributed by atoms with van der Waals surface area (Å²) >= 11 is 0. The molecule has 176 valence electrons. The van der Waals surface area contributed by atoms with E-state index in [0.717, 1.165) is 16.7 Å². The molecule has 0 spiro atoms. The Morgan fingerprint density at radius 1 is 1.06 bits per heavy atom. The lowest BCUT2D eigenvalue weighted by atomic mass is 10.1. The predicted octanol–water partition coefficient (Wildman–Crippen LogP) is 4.19. The summed E-state index contributed by atoms with van der Waals surface area (Å²) in [7, 11) is 3.16. The molecular weight excluding hydrogens is 432 g/mol. The normalized spacial score (nSPS) is 15.1. The molecule has 7 heteroatoms. The van der Waals surface area contributed by atoms with E-state index in [9.17, 15) is 9.59 Å². The molecule has 1 unspecified atom stereocenters. The molecule has 3 aromatic rings. The van der Waals surface area contributed by atoms with E-state index in [4.69, 9.17) is 14.2 Å². The second-order valence-electron chi connectivity index (χ2n) is 8.14. The summed E-state index contributed by atoms with van der Waals surface area (Å²) in [4.78, 5) is 27.3. The van der Waals surface area contributed by atoms with Gasteiger partial charge in [-0.2, -0.15) is 0 Å². The van der Waals surface area contributed by atoms with Crippen molar-refractivity contribution >= 4 is 17.5 Å². The number of carbonyl (C=O) groups is 2. The standard InChI is InChI=1S/C27H28N2O5/c1-18-27(31)29(16-20-10-7-11-24(32-2)26(20)33-3)17-21-15-22(12-13-23(21)34-18)28-25(30)14-19-8-5-4-6-9-19/h4-13,15,18H,14,16-17H2,1-3H3,(H,28,30). The molecule has 34 heavy (non-hydrogen) atoms. The summed E-state index contributed by atoms with van der Waals surface area (Å²) in [5.41, 5.74) is 3.25. The van der Waals surface area contributed by atoms with Gasteiger partial charge in [-0.15, -0.1) is 0 Å². The Kier molecular flexibility index (Phi) is 7.01. The zero-order valence-electron chi connectivity index (χ0n) is 19.5. The molecule has 1 aliphatic rings. The number of methoxy groups -OCH3 is 2. The molecule has 0 saturated carbocycles. The van der Waals surface area contributed by atoms with Crippen molar-refractivity contribution in [1.29, 1.82) is 0 Å². The lowest BCUT2D eigenvalue weighted by molar-refractivity contribution is -0.138. The van der Waals surface area contributed by atoms with Crippen LogP contribution in [0.2, 0.25) is 0 Å². The summed E-state index contributed by atoms with van der Waals surface area (Å²) in [6.07, 6.45) is -0.359. The summed E-state index contributed by atoms with van der Waals surface area (Å²) in [5.74, 6) is 1.59. The maximum Gasteiger partial charge on any atom is 0.263 e. The maximum atomic E-state index is 13.1. The number of rotatable bonds is 7. The number of fused-ring (bicyclic) bond motifs is 1. The molecule has 0 fully saturated rings. The van der Waals surface area contributed by atoms with Gasteiger partial charge in [-0.3, -0.25) is 9.59 Å². The van der Waals surface area contributed by atoms with Crippen LogP contribution in [0.3, 0.4) is 0 Å². The molecule has 1 atom stereocenters. The first-order chi connectivity index (χ1) is 16.5. The molecule has 7 nitrogen and oxygen atoms in total. The number of nitrogens with zero attached hydrogens (tertiary/aromatic N) is 1. The van der Waals surface area contributed by atoms with E-state index in [1.165, 1.54) is 0 Å². The van der Waals surface area contributed by atoms with Crippen LogP contribution in [0.15, 0.2) is 66.7 Å². The zero-order valence-corrected chi connectivity index (χ0v) is 19.5. The molecule has 4 rings (SSSR count). The van der Waals surface area contributed by atoms with Crippen molar-refractivity contribution in [1.82, 2.24) is 4.90 Å². The molecule has 1 N–H and O–H groups in total. The molecule has 0 radical (unpaired) electrons. The van der Waals surface area contributed by atoms with Gasteiger partial charge in [-0.1, -0.05) is 42.5 Å². The van der Waals surface area contributed by atoms with E-state index in [1.54, 1.807) is 38.2 Å². The minimum absolute atomic E-state index is 0.108. The number of amides is 2. The van der Waals surface area contributed by atoms with Gasteiger partial charge in [0.05, 0.1) is 20.6 Å². The van der Waals surface area contributed by atoms with Crippen LogP contribution in [0.25, 0.3) is 0 Å². The molecule has 3 aromatic carbocycles. The third-order valence-corrected chi connectivity index (χ3v) is 5.72. The second kappa shape index (κ2) is 10.3. The van der Waals surface area contributed by atoms with E-state index in [-0.39, 0.29) is 18.2 Å². The van der Waals surface area contributed by atoms with Crippen molar-refractivity contribution in [3.63, 3.8) is 0 Å². The number of anilines is 1. The van der Waals surface area contributed by atoms with Gasteiger partial charge < -0.3 is 24.4 Å². The molecule has 1 aliphatic heterocycles. The van der Waals surface area contributed by atoms with Crippen molar-refractivity contribution in [2.45, 2.75) is 32.5 Å². The maximum absolute atomic E-state index is 13.1. The van der Waals surface area contributed by atoms with Gasteiger partial charge in [0.2, 0.25) is 5.91 Å². The quantitative estimate of drug-likeness (QED) is 0.572. The number of hydrogen-bond donors (Lipinski definition) is 1. The lowest BCUT2D eigenvalue weighted by Gasteiger charge is -2.24. The highest BCUT2D eigenvalue weighted by atomic mass is 16.5. The third-order valence-electron chi connectivity index (χ3n) is 5.72. The fourth-order valence-electron chi connectivity index (χ4n) is 4.08. The number of ether oxygens (including phenoxy) is 3. The molecule has 0 aromatic heterocycles. The topological polar surface area (TPSA) is 77.1 Å². The van der Waals surface area contributed by atoms with Gasteiger partial charge in [0.15, 0.2) is 17.6 Å². The van der Waals surface area contributed by atoms with E-state index in [0.29, 0.717) is 36.0 Å². The smallest absolute Gasteiger partial charge is 0.263 e. The third kappa shape index (κ3) is 5.14. The molecule has 0 saturated heterocycles. The number of nitrogens with one attached hydrogen (secondary N) is 1. The Bertz CT molecular complexity index is 1180. The Morgan fingerprint density at radius 3 is 2.59 bits per heavy atom. The fraction of sp³-hybridized carbons (Fsp3) is 0.259. The number of para-hydroxylation sites is 1. The molecular formula is C27H28N2O5. The first kappa shape index (κ1) is 23.2. The average molecular weight is 461 g/mol. The van der Waals surface area contributed by atoms with Gasteiger partial charge in [-0.05, 0) is 36.8 Å². The van der Waals surface area contributed by atoms with Gasteiger partial charge >= 0.3 is 0 Å². The Balaban J connectivity index is 1.55. The summed E-state index contributed by atoms with van der Waals surface area (Å²) in [5, 5.41) is 2.95. The minimum Gasteiger partial charge on any atom is -0.493 e. The first-order valence-corrected chi connectivity index (χ1v) is 11.1. The van der Waals surface area contributed by atoms with Crippen LogP contribution in [-0.2, 0) is 29.1 Å². The van der Waals surface area contributed by atoms with Crippen LogP contribution in [0, 0.1) is 0 Å². The Morgan fingerprint density at radius 2 is 1.85 bits per heavy atom. The van der Waals surface area contributed by atoms with Crippen LogP contribution < -0.4 is 19.5 Å². The van der Waals surface area contributed by atoms with Gasteiger partial charge in [0.1, 0.15) is 5.75 Å². The minimum atomic E-state index is -0.642. The van der Waals surface area contributed by atoms with Crippen molar-refractivity contribution in [2.75, 3.05) is 19.5 Å². The number of hydrogen-bond acceptors (Lipinski definition) is 5. The predicted molar refractivity (Wildman–Crippen MR) is 129 cm³/mol. The van der Waals surface area contributed by atoms with E-state index in [2.05, 4.69) is 5.32 Å². The Hall–Kier alpha value is -4.00. The van der Waals surface area contributed by atoms with Crippen LogP contribution >= 0.6 is 0 Å². The monoisotopic (exact) mass is 460 g/mol. The lowest BCUT2D eigenvalue weighted by Crippen LogP contribution is -2.37.